The Morgan fingerprint density at radius 3 is 1.95 bits per heavy atom. The zero-order valence-electron chi connectivity index (χ0n) is 40.0. The lowest BCUT2D eigenvalue weighted by molar-refractivity contribution is -0.166. The number of rotatable bonds is 24. The predicted molar refractivity (Wildman–Crippen MR) is 250 cm³/mol. The largest absolute Gasteiger partial charge is 0.472 e. The number of Topliss-reactive ketones (excluding diaryl/α,β-unsaturated/α-hetero) is 1. The standard InChI is InChI=1S/C49H87O16P/c1-3-5-7-8-9-10-11-12-13-14-15-16-17-18-19-20-26-30-43(54)64-37-34-62-42(53)29-25-22-21-24-28-38-40(51)33-41(52)39(32-31-36(50)27-23-6-4-2)45(56)47(58)49(48(59)46(57)44(38)55)65-66(60,61)63-35-37/h12-13,31-32,36-39,41,44-50,52,55-59H,3-11,14-30,33-35H2,1-2H3,(H,60,61)/b13-12-,32-31+/t36-,37+,38-,39-,41+,44+,45+,46-,47+,48+,49+/m0/s1. The zero-order valence-corrected chi connectivity index (χ0v) is 40.9. The van der Waals surface area contributed by atoms with E-state index < -0.39 is 112 Å². The van der Waals surface area contributed by atoms with Gasteiger partial charge >= 0.3 is 19.8 Å². The third kappa shape index (κ3) is 25.0. The van der Waals surface area contributed by atoms with E-state index in [0.29, 0.717) is 44.9 Å². The van der Waals surface area contributed by atoms with E-state index in [0.717, 1.165) is 64.2 Å². The van der Waals surface area contributed by atoms with Crippen LogP contribution in [-0.2, 0) is 37.5 Å². The van der Waals surface area contributed by atoms with Crippen LogP contribution in [0.5, 0.6) is 0 Å². The number of esters is 2. The van der Waals surface area contributed by atoms with E-state index in [1.165, 1.54) is 50.7 Å². The molecule has 384 valence electrons. The number of ether oxygens (including phenoxy) is 2. The summed E-state index contributed by atoms with van der Waals surface area (Å²) in [4.78, 5) is 50.2. The van der Waals surface area contributed by atoms with E-state index in [1.807, 2.05) is 6.92 Å². The molecule has 2 fully saturated rings. The van der Waals surface area contributed by atoms with Crippen molar-refractivity contribution < 1.29 is 78.1 Å². The fourth-order valence-corrected chi connectivity index (χ4v) is 9.46. The Morgan fingerprint density at radius 2 is 1.30 bits per heavy atom. The average Bonchev–Trinajstić information content (AvgIpc) is 3.28. The summed E-state index contributed by atoms with van der Waals surface area (Å²) < 4.78 is 34.8. The van der Waals surface area contributed by atoms with E-state index in [-0.39, 0.29) is 19.3 Å². The van der Waals surface area contributed by atoms with Crippen LogP contribution in [0.15, 0.2) is 24.3 Å². The fraction of sp³-hybridized carbons (Fsp3) is 0.857. The van der Waals surface area contributed by atoms with Gasteiger partial charge in [0.25, 0.3) is 0 Å². The van der Waals surface area contributed by atoms with E-state index in [1.54, 1.807) is 0 Å². The van der Waals surface area contributed by atoms with Crippen molar-refractivity contribution in [1.29, 1.82) is 0 Å². The highest BCUT2D eigenvalue weighted by Gasteiger charge is 2.49. The molecule has 0 aromatic rings. The van der Waals surface area contributed by atoms with Crippen LogP contribution in [0.3, 0.4) is 0 Å². The van der Waals surface area contributed by atoms with Crippen LogP contribution in [0.2, 0.25) is 0 Å². The first-order valence-corrected chi connectivity index (χ1v) is 26.7. The van der Waals surface area contributed by atoms with Gasteiger partial charge in [-0.05, 0) is 51.4 Å². The third-order valence-electron chi connectivity index (χ3n) is 12.7. The van der Waals surface area contributed by atoms with Crippen molar-refractivity contribution in [2.45, 2.75) is 242 Å². The van der Waals surface area contributed by atoms with Gasteiger partial charge in [0.2, 0.25) is 0 Å². The molecule has 1 saturated heterocycles. The van der Waals surface area contributed by atoms with Crippen molar-refractivity contribution in [3.05, 3.63) is 24.3 Å². The van der Waals surface area contributed by atoms with Crippen molar-refractivity contribution >= 4 is 25.5 Å². The van der Waals surface area contributed by atoms with Gasteiger partial charge < -0.3 is 50.1 Å². The number of hydrogen-bond acceptors (Lipinski definition) is 15. The summed E-state index contributed by atoms with van der Waals surface area (Å²) in [5, 5.41) is 78.7. The van der Waals surface area contributed by atoms with Gasteiger partial charge in [0.1, 0.15) is 36.8 Å². The van der Waals surface area contributed by atoms with Crippen molar-refractivity contribution in [2.24, 2.45) is 11.8 Å². The number of hydrogen-bond donors (Lipinski definition) is 8. The lowest BCUT2D eigenvalue weighted by Crippen LogP contribution is -2.55. The fourth-order valence-electron chi connectivity index (χ4n) is 8.49. The minimum absolute atomic E-state index is 0.00866. The Bertz CT molecular complexity index is 1430. The SMILES string of the molecule is CCCCCCCC/C=C\CCCCCCCCCC(=O)O[C@@H]1COC(=O)CCCCCC[C@H]2C(=O)C[C@@H](O)[C@H](/C=C/[C@@H](O)CCCCC)[C@@H](O)[C@@H](O)[C@@H](OP(=O)(O)OC1)[C@H](O)[C@@H](O)[C@@H]2O. The number of aliphatic hydroxyl groups is 7. The number of unbranched alkanes of at least 4 members (excludes halogenated alkanes) is 15. The number of allylic oxidation sites excluding steroid dienone is 2. The molecular formula is C49H87O16P. The molecule has 16 nitrogen and oxygen atoms in total. The summed E-state index contributed by atoms with van der Waals surface area (Å²) in [5.41, 5.74) is 0. The highest BCUT2D eigenvalue weighted by molar-refractivity contribution is 7.47. The van der Waals surface area contributed by atoms with Crippen molar-refractivity contribution in [3.8, 4) is 0 Å². The monoisotopic (exact) mass is 963 g/mol. The predicted octanol–water partition coefficient (Wildman–Crippen LogP) is 6.98. The number of carbonyl (C=O) groups is 3. The van der Waals surface area contributed by atoms with Crippen LogP contribution in [0.4, 0.5) is 0 Å². The molecule has 0 amide bonds. The van der Waals surface area contributed by atoms with Gasteiger partial charge in [0.05, 0.1) is 31.0 Å². The molecule has 1 heterocycles. The summed E-state index contributed by atoms with van der Waals surface area (Å²) in [5.74, 6) is -4.89. The molecule has 66 heavy (non-hydrogen) atoms. The summed E-state index contributed by atoms with van der Waals surface area (Å²) in [7, 11) is -5.45. The topological polar surface area (TPSA) is 267 Å². The first kappa shape index (κ1) is 60.0. The molecule has 1 aliphatic heterocycles. The number of ketones is 1. The molecule has 2 bridgehead atoms. The highest BCUT2D eigenvalue weighted by atomic mass is 31.2. The molecule has 2 aliphatic rings. The van der Waals surface area contributed by atoms with E-state index in [4.69, 9.17) is 18.5 Å². The molecule has 0 radical (unpaired) electrons. The first-order valence-electron chi connectivity index (χ1n) is 25.2. The van der Waals surface area contributed by atoms with Crippen LogP contribution in [0.1, 0.15) is 187 Å². The normalized spacial score (nSPS) is 31.0. The molecular weight excluding hydrogens is 875 g/mol. The van der Waals surface area contributed by atoms with Gasteiger partial charge in [-0.1, -0.05) is 141 Å². The van der Waals surface area contributed by atoms with Crippen molar-refractivity contribution in [2.75, 3.05) is 13.2 Å². The highest BCUT2D eigenvalue weighted by Crippen LogP contribution is 2.47. The molecule has 8 N–H and O–H groups in total. The maximum atomic E-state index is 13.6. The maximum absolute atomic E-state index is 13.6. The Morgan fingerprint density at radius 1 is 0.727 bits per heavy atom. The summed E-state index contributed by atoms with van der Waals surface area (Å²) in [6.45, 7) is 2.83. The second-order valence-corrected chi connectivity index (χ2v) is 19.9. The van der Waals surface area contributed by atoms with Crippen LogP contribution in [-0.4, -0.2) is 127 Å². The first-order chi connectivity index (χ1) is 31.6. The van der Waals surface area contributed by atoms with E-state index in [2.05, 4.69) is 19.1 Å². The van der Waals surface area contributed by atoms with Crippen LogP contribution >= 0.6 is 7.82 Å². The molecule has 1 unspecified atom stereocenters. The van der Waals surface area contributed by atoms with Crippen molar-refractivity contribution in [3.63, 3.8) is 0 Å². The molecule has 0 aromatic heterocycles. The average molecular weight is 963 g/mol. The number of cyclic esters (lactones) is 1. The van der Waals surface area contributed by atoms with Crippen LogP contribution < -0.4 is 0 Å². The Hall–Kier alpha value is -2.08. The smallest absolute Gasteiger partial charge is 0.462 e. The molecule has 1 aliphatic carbocycles. The lowest BCUT2D eigenvalue weighted by atomic mass is 9.83. The Kier molecular flexibility index (Phi) is 31.9. The van der Waals surface area contributed by atoms with Gasteiger partial charge in [-0.3, -0.25) is 23.4 Å². The van der Waals surface area contributed by atoms with Crippen molar-refractivity contribution in [1.82, 2.24) is 0 Å². The molecule has 2 rings (SSSR count). The molecule has 12 atom stereocenters. The molecule has 17 heteroatoms. The Labute approximate surface area is 394 Å². The second-order valence-electron chi connectivity index (χ2n) is 18.4. The number of aliphatic hydroxyl groups excluding tert-OH is 7. The van der Waals surface area contributed by atoms with E-state index in [9.17, 15) is 59.6 Å². The zero-order chi connectivity index (χ0) is 48.7. The van der Waals surface area contributed by atoms with Crippen LogP contribution in [0, 0.1) is 11.8 Å². The quantitative estimate of drug-likeness (QED) is 0.0210. The third-order valence-corrected chi connectivity index (χ3v) is 13.6. The lowest BCUT2D eigenvalue weighted by Gasteiger charge is -2.36. The minimum atomic E-state index is -5.45. The Balaban J connectivity index is 2.13. The minimum Gasteiger partial charge on any atom is -0.462 e. The van der Waals surface area contributed by atoms with Gasteiger partial charge in [0, 0.05) is 31.1 Å². The van der Waals surface area contributed by atoms with E-state index >= 15 is 0 Å². The summed E-state index contributed by atoms with van der Waals surface area (Å²) >= 11 is 0. The number of carbonyl (C=O) groups excluding carboxylic acids is 3. The second kappa shape index (κ2) is 35.1. The number of phosphoric acid groups is 1. The van der Waals surface area contributed by atoms with Gasteiger partial charge in [-0.15, -0.1) is 0 Å². The number of phosphoric ester groups is 1. The molecule has 0 aromatic carbocycles. The van der Waals surface area contributed by atoms with Gasteiger partial charge in [0.15, 0.2) is 6.10 Å². The molecule has 1 saturated carbocycles. The maximum Gasteiger partial charge on any atom is 0.472 e. The number of fused-ring (bicyclic) bond motifs is 4. The summed E-state index contributed by atoms with van der Waals surface area (Å²) in [6.07, 6.45) is 9.81. The van der Waals surface area contributed by atoms with Gasteiger partial charge in [-0.2, -0.15) is 0 Å². The summed E-state index contributed by atoms with van der Waals surface area (Å²) in [6, 6.07) is 0. The van der Waals surface area contributed by atoms with Gasteiger partial charge in [-0.25, -0.2) is 4.57 Å². The molecule has 0 spiro atoms. The van der Waals surface area contributed by atoms with Crippen LogP contribution in [0.25, 0.3) is 0 Å².